The Kier molecular flexibility index (Phi) is 6.92. The van der Waals surface area contributed by atoms with E-state index in [4.69, 9.17) is 9.26 Å². The molecule has 0 saturated heterocycles. The lowest BCUT2D eigenvalue weighted by Crippen LogP contribution is -2.22. The molecular formula is C27H28N4O3. The summed E-state index contributed by atoms with van der Waals surface area (Å²) in [5.74, 6) is 1.45. The van der Waals surface area contributed by atoms with Gasteiger partial charge in [0.05, 0.1) is 12.2 Å². The van der Waals surface area contributed by atoms with Crippen LogP contribution in [0.3, 0.4) is 0 Å². The van der Waals surface area contributed by atoms with Crippen molar-refractivity contribution < 1.29 is 14.1 Å². The summed E-state index contributed by atoms with van der Waals surface area (Å²) in [5, 5.41) is 10.0. The number of nitrogens with zero attached hydrogens (tertiary/aromatic N) is 2. The van der Waals surface area contributed by atoms with Crippen LogP contribution in [-0.2, 0) is 18.5 Å². The number of para-hydroxylation sites is 1. The zero-order chi connectivity index (χ0) is 24.0. The van der Waals surface area contributed by atoms with Gasteiger partial charge in [0, 0.05) is 24.4 Å². The number of rotatable bonds is 8. The highest BCUT2D eigenvalue weighted by Crippen LogP contribution is 2.35. The fourth-order valence-electron chi connectivity index (χ4n) is 3.44. The molecule has 174 valence electrons. The van der Waals surface area contributed by atoms with Crippen molar-refractivity contribution >= 4 is 11.6 Å². The summed E-state index contributed by atoms with van der Waals surface area (Å²) in [6.45, 7) is 7.17. The molecule has 0 radical (unpaired) electrons. The van der Waals surface area contributed by atoms with Crippen LogP contribution >= 0.6 is 0 Å². The highest BCUT2D eigenvalue weighted by molar-refractivity contribution is 5.92. The molecule has 1 amide bonds. The third-order valence-electron chi connectivity index (χ3n) is 5.21. The van der Waals surface area contributed by atoms with E-state index in [0.29, 0.717) is 30.4 Å². The first-order chi connectivity index (χ1) is 16.4. The lowest BCUT2D eigenvalue weighted by atomic mass is 9.86. The van der Waals surface area contributed by atoms with Crippen LogP contribution < -0.4 is 15.4 Å². The molecule has 2 aromatic heterocycles. The van der Waals surface area contributed by atoms with E-state index in [1.165, 1.54) is 0 Å². The van der Waals surface area contributed by atoms with Gasteiger partial charge in [-0.05, 0) is 29.2 Å². The van der Waals surface area contributed by atoms with Gasteiger partial charge in [0.15, 0.2) is 11.5 Å². The molecule has 0 spiro atoms. The molecule has 7 nitrogen and oxygen atoms in total. The summed E-state index contributed by atoms with van der Waals surface area (Å²) in [6.07, 6.45) is 1.68. The molecule has 4 rings (SSSR count). The van der Waals surface area contributed by atoms with Crippen LogP contribution in [0.1, 0.15) is 48.1 Å². The highest BCUT2D eigenvalue weighted by atomic mass is 16.5. The predicted molar refractivity (Wildman–Crippen MR) is 131 cm³/mol. The second-order valence-electron chi connectivity index (χ2n) is 8.90. The van der Waals surface area contributed by atoms with Crippen LogP contribution in [0.2, 0.25) is 0 Å². The van der Waals surface area contributed by atoms with E-state index in [1.54, 1.807) is 12.3 Å². The minimum atomic E-state index is -0.289. The van der Waals surface area contributed by atoms with E-state index in [9.17, 15) is 4.79 Å². The number of ether oxygens (including phenoxy) is 1. The number of benzene rings is 2. The lowest BCUT2D eigenvalue weighted by molar-refractivity contribution is 0.0941. The molecule has 0 atom stereocenters. The third kappa shape index (κ3) is 5.81. The molecule has 0 aliphatic heterocycles. The summed E-state index contributed by atoms with van der Waals surface area (Å²) in [6, 6.07) is 23.0. The second kappa shape index (κ2) is 10.2. The van der Waals surface area contributed by atoms with Crippen molar-refractivity contribution in [2.75, 3.05) is 5.32 Å². The molecule has 0 bridgehead atoms. The van der Waals surface area contributed by atoms with E-state index in [-0.39, 0.29) is 17.0 Å². The molecule has 4 aromatic rings. The molecular weight excluding hydrogens is 428 g/mol. The normalized spacial score (nSPS) is 11.1. The lowest BCUT2D eigenvalue weighted by Gasteiger charge is -2.22. The Bertz CT molecular complexity index is 1250. The second-order valence-corrected chi connectivity index (χ2v) is 8.90. The Balaban J connectivity index is 1.40. The average molecular weight is 457 g/mol. The zero-order valence-corrected chi connectivity index (χ0v) is 19.5. The summed E-state index contributed by atoms with van der Waals surface area (Å²) >= 11 is 0. The topological polar surface area (TPSA) is 89.3 Å². The van der Waals surface area contributed by atoms with Crippen molar-refractivity contribution in [1.29, 1.82) is 0 Å². The molecule has 0 saturated carbocycles. The Morgan fingerprint density at radius 2 is 1.74 bits per heavy atom. The van der Waals surface area contributed by atoms with Crippen LogP contribution in [0.15, 0.2) is 83.5 Å². The standard InChI is InChI=1S/C27H28N4O3/c1-27(2,3)21-12-7-8-14-24(21)33-26-22(13-9-15-28-26)29-18-20-16-23(31-34-20)25(32)30-17-19-10-5-4-6-11-19/h4-16,29H,17-18H2,1-3H3,(H,30,32). The minimum absolute atomic E-state index is 0.0731. The number of carbonyl (C=O) groups excluding carboxylic acids is 1. The monoisotopic (exact) mass is 456 g/mol. The van der Waals surface area contributed by atoms with Crippen molar-refractivity contribution in [3.8, 4) is 11.6 Å². The van der Waals surface area contributed by atoms with Gasteiger partial charge in [-0.2, -0.15) is 0 Å². The first kappa shape index (κ1) is 23.0. The van der Waals surface area contributed by atoms with Gasteiger partial charge in [0.1, 0.15) is 5.75 Å². The molecule has 0 aliphatic rings. The molecule has 2 N–H and O–H groups in total. The largest absolute Gasteiger partial charge is 0.437 e. The number of nitrogens with one attached hydrogen (secondary N) is 2. The molecule has 0 aliphatic carbocycles. The fraction of sp³-hybridized carbons (Fsp3) is 0.222. The number of hydrogen-bond acceptors (Lipinski definition) is 6. The van der Waals surface area contributed by atoms with Gasteiger partial charge in [0.25, 0.3) is 5.91 Å². The highest BCUT2D eigenvalue weighted by Gasteiger charge is 2.20. The number of hydrogen-bond donors (Lipinski definition) is 2. The first-order valence-electron chi connectivity index (χ1n) is 11.1. The molecule has 7 heteroatoms. The molecule has 2 heterocycles. The van der Waals surface area contributed by atoms with Gasteiger partial charge in [-0.25, -0.2) is 4.98 Å². The number of pyridine rings is 1. The SMILES string of the molecule is CC(C)(C)c1ccccc1Oc1ncccc1NCc1cc(C(=O)NCc2ccccc2)no1. The van der Waals surface area contributed by atoms with Crippen molar-refractivity contribution in [1.82, 2.24) is 15.5 Å². The number of anilines is 1. The van der Waals surface area contributed by atoms with Crippen molar-refractivity contribution in [2.24, 2.45) is 0 Å². The van der Waals surface area contributed by atoms with Crippen LogP contribution in [-0.4, -0.2) is 16.0 Å². The van der Waals surface area contributed by atoms with E-state index < -0.39 is 0 Å². The number of aromatic nitrogens is 2. The van der Waals surface area contributed by atoms with Gasteiger partial charge in [-0.15, -0.1) is 0 Å². The van der Waals surface area contributed by atoms with E-state index in [1.807, 2.05) is 60.7 Å². The van der Waals surface area contributed by atoms with Crippen LogP contribution in [0.4, 0.5) is 5.69 Å². The Hall–Kier alpha value is -4.13. The summed E-state index contributed by atoms with van der Waals surface area (Å²) in [4.78, 5) is 16.8. The Morgan fingerprint density at radius 3 is 2.53 bits per heavy atom. The van der Waals surface area contributed by atoms with E-state index >= 15 is 0 Å². The third-order valence-corrected chi connectivity index (χ3v) is 5.21. The van der Waals surface area contributed by atoms with Gasteiger partial charge >= 0.3 is 0 Å². The summed E-state index contributed by atoms with van der Waals surface area (Å²) < 4.78 is 11.5. The average Bonchev–Trinajstić information content (AvgIpc) is 3.32. The van der Waals surface area contributed by atoms with Gasteiger partial charge < -0.3 is 19.9 Å². The fourth-order valence-corrected chi connectivity index (χ4v) is 3.44. The zero-order valence-electron chi connectivity index (χ0n) is 19.5. The van der Waals surface area contributed by atoms with E-state index in [0.717, 1.165) is 16.9 Å². The van der Waals surface area contributed by atoms with Crippen LogP contribution in [0.5, 0.6) is 11.6 Å². The quantitative estimate of drug-likeness (QED) is 0.353. The predicted octanol–water partition coefficient (Wildman–Crippen LogP) is 5.70. The first-order valence-corrected chi connectivity index (χ1v) is 11.1. The van der Waals surface area contributed by atoms with Crippen LogP contribution in [0, 0.1) is 0 Å². The van der Waals surface area contributed by atoms with Crippen molar-refractivity contribution in [2.45, 2.75) is 39.3 Å². The smallest absolute Gasteiger partial charge is 0.273 e. The van der Waals surface area contributed by atoms with Gasteiger partial charge in [-0.1, -0.05) is 74.5 Å². The minimum Gasteiger partial charge on any atom is -0.437 e. The Labute approximate surface area is 199 Å². The molecule has 2 aromatic carbocycles. The van der Waals surface area contributed by atoms with E-state index in [2.05, 4.69) is 47.6 Å². The molecule has 34 heavy (non-hydrogen) atoms. The summed E-state index contributed by atoms with van der Waals surface area (Å²) in [7, 11) is 0. The van der Waals surface area contributed by atoms with Crippen molar-refractivity contribution in [3.63, 3.8) is 0 Å². The Morgan fingerprint density at radius 1 is 0.971 bits per heavy atom. The number of carbonyl (C=O) groups is 1. The molecule has 0 unspecified atom stereocenters. The number of amides is 1. The maximum absolute atomic E-state index is 12.4. The maximum atomic E-state index is 12.4. The van der Waals surface area contributed by atoms with Crippen LogP contribution in [0.25, 0.3) is 0 Å². The van der Waals surface area contributed by atoms with Crippen molar-refractivity contribution in [3.05, 3.63) is 102 Å². The summed E-state index contributed by atoms with van der Waals surface area (Å²) in [5.41, 5.74) is 2.97. The molecule has 0 fully saturated rings. The maximum Gasteiger partial charge on any atom is 0.273 e. The van der Waals surface area contributed by atoms with Gasteiger partial charge in [-0.3, -0.25) is 4.79 Å². The van der Waals surface area contributed by atoms with Gasteiger partial charge in [0.2, 0.25) is 5.88 Å².